The third-order valence-electron chi connectivity index (χ3n) is 9.84. The van der Waals surface area contributed by atoms with E-state index in [9.17, 15) is 19.8 Å². The predicted octanol–water partition coefficient (Wildman–Crippen LogP) is 4.67. The number of aromatic carboxylic acids is 2. The molecule has 0 aromatic heterocycles. The van der Waals surface area contributed by atoms with E-state index in [-0.39, 0.29) is 11.1 Å². The van der Waals surface area contributed by atoms with Gasteiger partial charge in [0.2, 0.25) is 0 Å². The Morgan fingerprint density at radius 3 is 0.607 bits per heavy atom. The summed E-state index contributed by atoms with van der Waals surface area (Å²) in [7, 11) is 0. The molecule has 0 amide bonds. The molecule has 0 aliphatic rings. The predicted molar refractivity (Wildman–Crippen MR) is 231 cm³/mol. The van der Waals surface area contributed by atoms with Gasteiger partial charge in [0.05, 0.1) is 11.9 Å². The van der Waals surface area contributed by atoms with E-state index in [2.05, 4.69) is 187 Å². The van der Waals surface area contributed by atoms with Crippen LogP contribution in [0.25, 0.3) is 0 Å². The minimum Gasteiger partial charge on any atom is -0.545 e. The molecule has 278 valence electrons. The number of carbonyl (C=O) groups excluding carboxylic acids is 2. The van der Waals surface area contributed by atoms with Gasteiger partial charge in [-0.3, -0.25) is 0 Å². The van der Waals surface area contributed by atoms with Crippen LogP contribution < -0.4 is 31.7 Å². The van der Waals surface area contributed by atoms with Crippen molar-refractivity contribution in [1.29, 1.82) is 0 Å². The van der Waals surface area contributed by atoms with Crippen LogP contribution in [0, 0.1) is 41.5 Å². The van der Waals surface area contributed by atoms with Crippen molar-refractivity contribution in [3.8, 4) is 0 Å². The molecule has 0 radical (unpaired) electrons. The molecular weight excluding hydrogens is 902 g/mol. The van der Waals surface area contributed by atoms with E-state index < -0.39 is 51.5 Å². The topological polar surface area (TPSA) is 80.3 Å². The summed E-state index contributed by atoms with van der Waals surface area (Å²) in [5, 5.41) is 20.4. The molecule has 0 unspecified atom stereocenters. The van der Waals surface area contributed by atoms with Crippen molar-refractivity contribution in [1.82, 2.24) is 0 Å². The number of carboxylic acid groups (broad SMARTS) is 2. The molecule has 0 spiro atoms. The van der Waals surface area contributed by atoms with Crippen LogP contribution in [0.5, 0.6) is 0 Å². The van der Waals surface area contributed by atoms with Crippen molar-refractivity contribution >= 4 is 72.9 Å². The van der Waals surface area contributed by atoms with E-state index in [4.69, 9.17) is 0 Å². The van der Waals surface area contributed by atoms with Crippen LogP contribution in [0.3, 0.4) is 0 Å². The van der Waals surface area contributed by atoms with E-state index >= 15 is 0 Å². The molecule has 7 aromatic rings. The summed E-state index contributed by atoms with van der Waals surface area (Å²) < 4.78 is 9.55. The molecule has 4 nitrogen and oxygen atoms in total. The molecule has 0 N–H and O–H groups in total. The molecule has 0 fully saturated rings. The fourth-order valence-corrected chi connectivity index (χ4v) is 24.4. The zero-order valence-electron chi connectivity index (χ0n) is 32.8. The second kappa shape index (κ2) is 20.3. The van der Waals surface area contributed by atoms with E-state index in [1.165, 1.54) is 33.4 Å². The standard InChI is InChI=1S/C8H6O4.6C7H7.2Sn/c9-7(10)5-1-2-6(4-3-5)8(11)12;6*1-7-5-3-2-4-6-7;;/h1-4H,(H,9,10)(H,11,12);6*2-5H,1H3;;/q;;;;;;;2*+1/p-2. The van der Waals surface area contributed by atoms with E-state index in [1.54, 1.807) is 21.5 Å². The zero-order chi connectivity index (χ0) is 40.2. The Bertz CT molecular complexity index is 2030. The molecule has 56 heavy (non-hydrogen) atoms. The Hall–Kier alpha value is -4.92. The molecular formula is C50H46O4Sn2. The van der Waals surface area contributed by atoms with Crippen LogP contribution in [0.2, 0.25) is 0 Å². The second-order valence-electron chi connectivity index (χ2n) is 13.8. The van der Waals surface area contributed by atoms with Crippen molar-refractivity contribution < 1.29 is 19.8 Å². The van der Waals surface area contributed by atoms with Gasteiger partial charge in [-0.1, -0.05) is 24.3 Å². The largest absolute Gasteiger partial charge is 0.545 e. The van der Waals surface area contributed by atoms with Gasteiger partial charge >= 0.3 is 282 Å². The summed E-state index contributed by atoms with van der Waals surface area (Å²) in [5.74, 6) is -2.67. The maximum atomic E-state index is 10.2. The van der Waals surface area contributed by atoms with E-state index in [0.29, 0.717) is 0 Å². The van der Waals surface area contributed by atoms with Gasteiger partial charge in [0.15, 0.2) is 0 Å². The van der Waals surface area contributed by atoms with Gasteiger partial charge in [-0.2, -0.15) is 0 Å². The molecule has 7 rings (SSSR count). The van der Waals surface area contributed by atoms with Gasteiger partial charge in [-0.15, -0.1) is 0 Å². The molecule has 0 aliphatic carbocycles. The first-order valence-electron chi connectivity index (χ1n) is 18.6. The van der Waals surface area contributed by atoms with Crippen molar-refractivity contribution in [2.45, 2.75) is 41.5 Å². The Morgan fingerprint density at radius 2 is 0.464 bits per heavy atom. The average Bonchev–Trinajstić information content (AvgIpc) is 3.20. The minimum atomic E-state index is -2.14. The van der Waals surface area contributed by atoms with Crippen molar-refractivity contribution in [2.75, 3.05) is 0 Å². The first kappa shape index (κ1) is 42.2. The first-order chi connectivity index (χ1) is 27.0. The van der Waals surface area contributed by atoms with Crippen molar-refractivity contribution in [3.05, 3.63) is 214 Å². The minimum absolute atomic E-state index is 0.0556. The number of benzene rings is 7. The number of hydrogen-bond acceptors (Lipinski definition) is 4. The monoisotopic (exact) mass is 950 g/mol. The van der Waals surface area contributed by atoms with E-state index in [1.807, 2.05) is 0 Å². The van der Waals surface area contributed by atoms with Gasteiger partial charge in [-0.05, 0) is 11.1 Å². The van der Waals surface area contributed by atoms with Crippen LogP contribution >= 0.6 is 0 Å². The quantitative estimate of drug-likeness (QED) is 0.208. The van der Waals surface area contributed by atoms with E-state index in [0.717, 1.165) is 24.3 Å². The fourth-order valence-electron chi connectivity index (χ4n) is 6.73. The molecule has 0 atom stereocenters. The Labute approximate surface area is 346 Å². The maximum absolute atomic E-state index is 10.2. The SMILES string of the molecule is Cc1cccc[c]1[Sn+]([c]1ccccc1C)[c]1ccccc1C.Cc1cccc[c]1[Sn+]([c]1ccccc1C)[c]1ccccc1C.O=C([O-])c1ccc(C(=O)[O-])cc1. The molecule has 6 heteroatoms. The molecule has 0 saturated heterocycles. The summed E-state index contributed by atoms with van der Waals surface area (Å²) in [5.41, 5.74) is 8.49. The van der Waals surface area contributed by atoms with Crippen LogP contribution in [-0.4, -0.2) is 51.5 Å². The average molecular weight is 948 g/mol. The number of hydrogen-bond donors (Lipinski definition) is 0. The van der Waals surface area contributed by atoms with Gasteiger partial charge in [0.1, 0.15) is 0 Å². The van der Waals surface area contributed by atoms with Gasteiger partial charge < -0.3 is 19.8 Å². The summed E-state index contributed by atoms with van der Waals surface area (Å²) in [6, 6.07) is 58.3. The third-order valence-corrected chi connectivity index (χ3v) is 28.7. The number of carbonyl (C=O) groups is 2. The van der Waals surface area contributed by atoms with Crippen molar-refractivity contribution in [2.24, 2.45) is 0 Å². The molecule has 0 aliphatic heterocycles. The van der Waals surface area contributed by atoms with Crippen LogP contribution in [0.15, 0.2) is 170 Å². The summed E-state index contributed by atoms with van der Waals surface area (Å²) in [6.45, 7) is 13.5. The summed E-state index contributed by atoms with van der Waals surface area (Å²) in [6.07, 6.45) is 0. The number of rotatable bonds is 8. The van der Waals surface area contributed by atoms with Gasteiger partial charge in [-0.25, -0.2) is 0 Å². The van der Waals surface area contributed by atoms with Crippen molar-refractivity contribution in [3.63, 3.8) is 0 Å². The Morgan fingerprint density at radius 1 is 0.304 bits per heavy atom. The van der Waals surface area contributed by atoms with Crippen LogP contribution in [0.1, 0.15) is 54.1 Å². The number of carboxylic acids is 2. The second-order valence-corrected chi connectivity index (χ2v) is 27.3. The van der Waals surface area contributed by atoms with Crippen LogP contribution in [0.4, 0.5) is 0 Å². The third kappa shape index (κ3) is 10.7. The maximum Gasteiger partial charge on any atom is 0.0715 e. The molecule has 0 heterocycles. The van der Waals surface area contributed by atoms with Crippen LogP contribution in [-0.2, 0) is 0 Å². The molecule has 0 bridgehead atoms. The molecule has 7 aromatic carbocycles. The fraction of sp³-hybridized carbons (Fsp3) is 0.120. The normalized spacial score (nSPS) is 10.2. The Balaban J connectivity index is 0.000000168. The summed E-state index contributed by atoms with van der Waals surface area (Å²) in [4.78, 5) is 20.4. The Kier molecular flexibility index (Phi) is 15.3. The molecule has 0 saturated carbocycles. The number of aryl methyl sites for hydroxylation is 6. The zero-order valence-corrected chi connectivity index (χ0v) is 38.5. The smallest absolute Gasteiger partial charge is 0.0715 e. The summed E-state index contributed by atoms with van der Waals surface area (Å²) >= 11 is -4.29. The first-order valence-corrected chi connectivity index (χ1v) is 27.2. The van der Waals surface area contributed by atoms with Gasteiger partial charge in [0, 0.05) is 0 Å². The van der Waals surface area contributed by atoms with Gasteiger partial charge in [0.25, 0.3) is 0 Å².